The van der Waals surface area contributed by atoms with Crippen molar-refractivity contribution >= 4 is 34.0 Å². The lowest BCUT2D eigenvalue weighted by atomic mass is 10.3. The number of aryl methyl sites for hydroxylation is 1. The second-order valence-electron chi connectivity index (χ2n) is 4.29. The molecule has 0 atom stereocenters. The molecule has 0 spiro atoms. The molecule has 0 N–H and O–H groups in total. The number of hydrogen-bond donors (Lipinski definition) is 0. The lowest BCUT2D eigenvalue weighted by molar-refractivity contribution is 0.637. The van der Waals surface area contributed by atoms with Crippen LogP contribution in [-0.4, -0.2) is 15.4 Å². The van der Waals surface area contributed by atoms with E-state index in [4.69, 9.17) is 11.6 Å². The summed E-state index contributed by atoms with van der Waals surface area (Å²) in [4.78, 5) is 4.39. The number of benzene rings is 1. The van der Waals surface area contributed by atoms with Crippen molar-refractivity contribution in [2.24, 2.45) is 0 Å². The van der Waals surface area contributed by atoms with Gasteiger partial charge in [-0.3, -0.25) is 0 Å². The largest absolute Gasteiger partial charge is 0.323 e. The molecule has 0 aliphatic heterocycles. The highest BCUT2D eigenvalue weighted by Crippen LogP contribution is 2.21. The van der Waals surface area contributed by atoms with Crippen LogP contribution in [0, 0.1) is 5.82 Å². The van der Waals surface area contributed by atoms with Crippen LogP contribution in [0.2, 0.25) is 0 Å². The number of para-hydroxylation sites is 1. The van der Waals surface area contributed by atoms with Crippen LogP contribution in [-0.2, 0) is 13.0 Å². The maximum atomic E-state index is 13.8. The maximum Gasteiger partial charge on any atom is 0.151 e. The third-order valence-electron chi connectivity index (χ3n) is 3.05. The Balaban J connectivity index is 2.13. The minimum absolute atomic E-state index is 0.280. The predicted molar refractivity (Wildman–Crippen MR) is 77.5 cm³/mol. The Kier molecular flexibility index (Phi) is 3.53. The third kappa shape index (κ3) is 2.38. The summed E-state index contributed by atoms with van der Waals surface area (Å²) in [6, 6.07) is 7.12. The van der Waals surface area contributed by atoms with E-state index in [1.54, 1.807) is 17.4 Å². The molecule has 3 rings (SSSR count). The molecule has 0 radical (unpaired) electrons. The summed E-state index contributed by atoms with van der Waals surface area (Å²) in [6.45, 7) is 0.704. The average Bonchev–Trinajstić information content (AvgIpc) is 3.01. The number of hydrogen-bond acceptors (Lipinski definition) is 2. The molecule has 0 unspecified atom stereocenters. The summed E-state index contributed by atoms with van der Waals surface area (Å²) >= 11 is 7.47. The quantitative estimate of drug-likeness (QED) is 0.663. The van der Waals surface area contributed by atoms with Gasteiger partial charge in [0, 0.05) is 12.3 Å². The molecular weight excluding hydrogens is 283 g/mol. The van der Waals surface area contributed by atoms with E-state index in [9.17, 15) is 4.39 Å². The van der Waals surface area contributed by atoms with Gasteiger partial charge in [-0.1, -0.05) is 6.07 Å². The number of imidazole rings is 1. The monoisotopic (exact) mass is 294 g/mol. The van der Waals surface area contributed by atoms with E-state index < -0.39 is 0 Å². The van der Waals surface area contributed by atoms with Crippen molar-refractivity contribution < 1.29 is 4.39 Å². The van der Waals surface area contributed by atoms with Gasteiger partial charge in [0.1, 0.15) is 11.3 Å². The molecule has 5 heteroatoms. The van der Waals surface area contributed by atoms with E-state index >= 15 is 0 Å². The summed E-state index contributed by atoms with van der Waals surface area (Å²) < 4.78 is 15.8. The molecule has 0 saturated carbocycles. The number of nitrogens with zero attached hydrogens (tertiary/aromatic N) is 2. The molecule has 2 aromatic heterocycles. The Labute approximate surface area is 119 Å². The Hall–Kier alpha value is -1.39. The second-order valence-corrected chi connectivity index (χ2v) is 5.45. The normalized spacial score (nSPS) is 11.3. The second kappa shape index (κ2) is 5.31. The Morgan fingerprint density at radius 2 is 2.21 bits per heavy atom. The summed E-state index contributed by atoms with van der Waals surface area (Å²) in [6.07, 6.45) is 0.639. The lowest BCUT2D eigenvalue weighted by Gasteiger charge is -2.07. The summed E-state index contributed by atoms with van der Waals surface area (Å²) in [5, 5.41) is 4.13. The van der Waals surface area contributed by atoms with Crippen LogP contribution in [0.25, 0.3) is 11.0 Å². The van der Waals surface area contributed by atoms with Crippen molar-refractivity contribution in [3.8, 4) is 0 Å². The minimum Gasteiger partial charge on any atom is -0.323 e. The molecule has 3 aromatic rings. The van der Waals surface area contributed by atoms with Gasteiger partial charge in [-0.25, -0.2) is 9.37 Å². The average molecular weight is 295 g/mol. The molecule has 2 nitrogen and oxygen atoms in total. The smallest absolute Gasteiger partial charge is 0.151 e. The maximum absolute atomic E-state index is 13.8. The number of halogens is 2. The van der Waals surface area contributed by atoms with Gasteiger partial charge in [0.05, 0.1) is 12.1 Å². The van der Waals surface area contributed by atoms with Crippen LogP contribution in [0.3, 0.4) is 0 Å². The number of alkyl halides is 1. The fraction of sp³-hybridized carbons (Fsp3) is 0.214. The van der Waals surface area contributed by atoms with E-state index in [0.29, 0.717) is 24.4 Å². The van der Waals surface area contributed by atoms with Crippen molar-refractivity contribution in [2.75, 3.05) is 5.88 Å². The SMILES string of the molecule is Fc1cccc2c1nc(CCCl)n2Cc1ccsc1. The van der Waals surface area contributed by atoms with Gasteiger partial charge in [0.15, 0.2) is 5.82 Å². The van der Waals surface area contributed by atoms with Crippen LogP contribution in [0.4, 0.5) is 4.39 Å². The first kappa shape index (κ1) is 12.6. The standard InChI is InChI=1S/C14H12ClFN2S/c15-6-4-13-17-14-11(16)2-1-3-12(14)18(13)8-10-5-7-19-9-10/h1-3,5,7,9H,4,6,8H2. The summed E-state index contributed by atoms with van der Waals surface area (Å²) in [5.74, 6) is 1.04. The van der Waals surface area contributed by atoms with Crippen LogP contribution in [0.5, 0.6) is 0 Å². The Morgan fingerprint density at radius 1 is 1.32 bits per heavy atom. The van der Waals surface area contributed by atoms with Gasteiger partial charge in [-0.15, -0.1) is 11.6 Å². The van der Waals surface area contributed by atoms with Crippen LogP contribution in [0.15, 0.2) is 35.0 Å². The van der Waals surface area contributed by atoms with Gasteiger partial charge in [-0.05, 0) is 34.5 Å². The molecule has 0 saturated heterocycles. The van der Waals surface area contributed by atoms with E-state index in [2.05, 4.69) is 16.4 Å². The number of thiophene rings is 1. The van der Waals surface area contributed by atoms with Crippen LogP contribution < -0.4 is 0 Å². The molecule has 98 valence electrons. The first-order chi connectivity index (χ1) is 9.29. The fourth-order valence-electron chi connectivity index (χ4n) is 2.18. The van der Waals surface area contributed by atoms with Crippen molar-refractivity contribution in [3.05, 3.63) is 52.2 Å². The molecule has 0 amide bonds. The molecular formula is C14H12ClFN2S. The first-order valence-corrected chi connectivity index (χ1v) is 7.48. The molecule has 0 aliphatic carbocycles. The van der Waals surface area contributed by atoms with Crippen molar-refractivity contribution in [2.45, 2.75) is 13.0 Å². The number of fused-ring (bicyclic) bond motifs is 1. The van der Waals surface area contributed by atoms with Crippen LogP contribution >= 0.6 is 22.9 Å². The van der Waals surface area contributed by atoms with Gasteiger partial charge >= 0.3 is 0 Å². The first-order valence-electron chi connectivity index (χ1n) is 6.00. The minimum atomic E-state index is -0.280. The van der Waals surface area contributed by atoms with Gasteiger partial charge < -0.3 is 4.57 Å². The topological polar surface area (TPSA) is 17.8 Å². The zero-order valence-electron chi connectivity index (χ0n) is 10.1. The zero-order chi connectivity index (χ0) is 13.2. The van der Waals surface area contributed by atoms with Gasteiger partial charge in [0.2, 0.25) is 0 Å². The van der Waals surface area contributed by atoms with E-state index in [0.717, 1.165) is 11.3 Å². The number of aromatic nitrogens is 2. The summed E-state index contributed by atoms with van der Waals surface area (Å²) in [5.41, 5.74) is 2.45. The molecule has 2 heterocycles. The zero-order valence-corrected chi connectivity index (χ0v) is 11.7. The van der Waals surface area contributed by atoms with Crippen molar-refractivity contribution in [1.82, 2.24) is 9.55 Å². The predicted octanol–water partition coefficient (Wildman–Crippen LogP) is 4.07. The van der Waals surface area contributed by atoms with Crippen LogP contribution in [0.1, 0.15) is 11.4 Å². The Morgan fingerprint density at radius 3 is 2.95 bits per heavy atom. The van der Waals surface area contributed by atoms with Crippen molar-refractivity contribution in [3.63, 3.8) is 0 Å². The van der Waals surface area contributed by atoms with E-state index in [1.165, 1.54) is 11.6 Å². The van der Waals surface area contributed by atoms with E-state index in [1.807, 2.05) is 16.0 Å². The third-order valence-corrected chi connectivity index (χ3v) is 3.97. The molecule has 0 aliphatic rings. The fourth-order valence-corrected chi connectivity index (χ4v) is 3.01. The summed E-state index contributed by atoms with van der Waals surface area (Å²) in [7, 11) is 0. The highest BCUT2D eigenvalue weighted by atomic mass is 35.5. The van der Waals surface area contributed by atoms with Crippen molar-refractivity contribution in [1.29, 1.82) is 0 Å². The number of rotatable bonds is 4. The highest BCUT2D eigenvalue weighted by Gasteiger charge is 2.13. The Bertz CT molecular complexity index is 691. The lowest BCUT2D eigenvalue weighted by Crippen LogP contribution is -2.05. The molecule has 0 bridgehead atoms. The van der Waals surface area contributed by atoms with Gasteiger partial charge in [-0.2, -0.15) is 11.3 Å². The molecule has 0 fully saturated rings. The molecule has 1 aromatic carbocycles. The highest BCUT2D eigenvalue weighted by molar-refractivity contribution is 7.07. The molecule has 19 heavy (non-hydrogen) atoms. The van der Waals surface area contributed by atoms with Gasteiger partial charge in [0.25, 0.3) is 0 Å². The van der Waals surface area contributed by atoms with E-state index in [-0.39, 0.29) is 5.82 Å².